The number of aromatic nitrogens is 3. The SMILES string of the molecule is CCOC(=O)c1cnc(-c2ccc(F)cn2)nc1N. The number of halogens is 1. The van der Waals surface area contributed by atoms with E-state index in [1.54, 1.807) is 6.92 Å². The monoisotopic (exact) mass is 262 g/mol. The van der Waals surface area contributed by atoms with Gasteiger partial charge < -0.3 is 10.5 Å². The Morgan fingerprint density at radius 3 is 2.74 bits per heavy atom. The van der Waals surface area contributed by atoms with E-state index in [4.69, 9.17) is 10.5 Å². The molecular formula is C12H11FN4O2. The highest BCUT2D eigenvalue weighted by Crippen LogP contribution is 2.16. The molecule has 2 heterocycles. The van der Waals surface area contributed by atoms with Crippen molar-refractivity contribution in [2.75, 3.05) is 12.3 Å². The molecule has 0 spiro atoms. The molecule has 7 heteroatoms. The third-order valence-electron chi connectivity index (χ3n) is 2.27. The Morgan fingerprint density at radius 2 is 2.16 bits per heavy atom. The summed E-state index contributed by atoms with van der Waals surface area (Å²) in [5.41, 5.74) is 6.12. The zero-order valence-corrected chi connectivity index (χ0v) is 10.1. The first-order valence-electron chi connectivity index (χ1n) is 5.53. The van der Waals surface area contributed by atoms with Crippen LogP contribution in [0, 0.1) is 5.82 Å². The van der Waals surface area contributed by atoms with Crippen LogP contribution in [-0.2, 0) is 4.74 Å². The van der Waals surface area contributed by atoms with Crippen LogP contribution in [0.4, 0.5) is 10.2 Å². The van der Waals surface area contributed by atoms with E-state index >= 15 is 0 Å². The molecule has 0 aromatic carbocycles. The molecule has 0 saturated carbocycles. The number of hydrogen-bond donors (Lipinski definition) is 1. The number of hydrogen-bond acceptors (Lipinski definition) is 6. The lowest BCUT2D eigenvalue weighted by atomic mass is 10.3. The summed E-state index contributed by atoms with van der Waals surface area (Å²) < 4.78 is 17.6. The maximum Gasteiger partial charge on any atom is 0.343 e. The molecule has 2 aromatic rings. The lowest BCUT2D eigenvalue weighted by molar-refractivity contribution is 0.0527. The van der Waals surface area contributed by atoms with Crippen LogP contribution in [0.2, 0.25) is 0 Å². The van der Waals surface area contributed by atoms with Gasteiger partial charge in [0.25, 0.3) is 0 Å². The fraction of sp³-hybridized carbons (Fsp3) is 0.167. The molecule has 0 bridgehead atoms. The summed E-state index contributed by atoms with van der Waals surface area (Å²) in [6.07, 6.45) is 2.31. The Kier molecular flexibility index (Phi) is 3.65. The molecule has 0 aliphatic heterocycles. The van der Waals surface area contributed by atoms with E-state index in [1.165, 1.54) is 18.3 Å². The fourth-order valence-electron chi connectivity index (χ4n) is 1.39. The zero-order valence-electron chi connectivity index (χ0n) is 10.1. The van der Waals surface area contributed by atoms with E-state index in [-0.39, 0.29) is 23.8 Å². The number of carbonyl (C=O) groups excluding carboxylic acids is 1. The molecule has 0 radical (unpaired) electrons. The molecule has 0 saturated heterocycles. The number of ether oxygens (including phenoxy) is 1. The number of nitrogens with two attached hydrogens (primary N) is 1. The summed E-state index contributed by atoms with van der Waals surface area (Å²) in [5, 5.41) is 0. The maximum absolute atomic E-state index is 12.7. The third kappa shape index (κ3) is 2.82. The van der Waals surface area contributed by atoms with E-state index in [2.05, 4.69) is 15.0 Å². The molecule has 0 amide bonds. The second-order valence-electron chi connectivity index (χ2n) is 3.57. The molecule has 2 aromatic heterocycles. The Labute approximate surface area is 108 Å². The lowest BCUT2D eigenvalue weighted by Gasteiger charge is -2.05. The maximum atomic E-state index is 12.7. The van der Waals surface area contributed by atoms with Crippen LogP contribution in [0.5, 0.6) is 0 Å². The van der Waals surface area contributed by atoms with Gasteiger partial charge in [-0.15, -0.1) is 0 Å². The zero-order chi connectivity index (χ0) is 13.8. The number of nitrogen functional groups attached to an aromatic ring is 1. The summed E-state index contributed by atoms with van der Waals surface area (Å²) >= 11 is 0. The summed E-state index contributed by atoms with van der Waals surface area (Å²) in [6.45, 7) is 1.92. The summed E-state index contributed by atoms with van der Waals surface area (Å²) in [4.78, 5) is 23.3. The highest BCUT2D eigenvalue weighted by atomic mass is 19.1. The predicted octanol–water partition coefficient (Wildman–Crippen LogP) is 1.44. The van der Waals surface area contributed by atoms with Gasteiger partial charge in [0.1, 0.15) is 22.9 Å². The second-order valence-corrected chi connectivity index (χ2v) is 3.57. The van der Waals surface area contributed by atoms with E-state index in [9.17, 15) is 9.18 Å². The Hall–Kier alpha value is -2.57. The van der Waals surface area contributed by atoms with Gasteiger partial charge >= 0.3 is 5.97 Å². The van der Waals surface area contributed by atoms with Crippen LogP contribution in [0.1, 0.15) is 17.3 Å². The summed E-state index contributed by atoms with van der Waals surface area (Å²) in [6, 6.07) is 2.66. The number of nitrogens with zero attached hydrogens (tertiary/aromatic N) is 3. The van der Waals surface area contributed by atoms with Gasteiger partial charge in [-0.25, -0.2) is 24.1 Å². The first-order chi connectivity index (χ1) is 9.11. The van der Waals surface area contributed by atoms with Crippen molar-refractivity contribution in [3.8, 4) is 11.5 Å². The van der Waals surface area contributed by atoms with Gasteiger partial charge in [-0.3, -0.25) is 0 Å². The van der Waals surface area contributed by atoms with Crippen LogP contribution in [0.25, 0.3) is 11.5 Å². The molecule has 19 heavy (non-hydrogen) atoms. The number of anilines is 1. The van der Waals surface area contributed by atoms with Gasteiger partial charge in [0.05, 0.1) is 12.8 Å². The van der Waals surface area contributed by atoms with Gasteiger partial charge in [0.15, 0.2) is 5.82 Å². The molecule has 0 aliphatic carbocycles. The highest BCUT2D eigenvalue weighted by molar-refractivity contribution is 5.93. The minimum absolute atomic E-state index is 0.00502. The number of pyridine rings is 1. The average Bonchev–Trinajstić information content (AvgIpc) is 2.39. The smallest absolute Gasteiger partial charge is 0.343 e. The van der Waals surface area contributed by atoms with E-state index < -0.39 is 11.8 Å². The Bertz CT molecular complexity index is 601. The van der Waals surface area contributed by atoms with Crippen molar-refractivity contribution >= 4 is 11.8 Å². The van der Waals surface area contributed by atoms with Gasteiger partial charge in [-0.1, -0.05) is 0 Å². The van der Waals surface area contributed by atoms with Crippen molar-refractivity contribution in [1.82, 2.24) is 15.0 Å². The van der Waals surface area contributed by atoms with Crippen molar-refractivity contribution in [2.24, 2.45) is 0 Å². The van der Waals surface area contributed by atoms with Gasteiger partial charge in [0, 0.05) is 6.20 Å². The molecule has 0 unspecified atom stereocenters. The molecule has 98 valence electrons. The summed E-state index contributed by atoms with van der Waals surface area (Å²) in [5.74, 6) is -0.835. The van der Waals surface area contributed by atoms with Crippen molar-refractivity contribution in [1.29, 1.82) is 0 Å². The van der Waals surface area contributed by atoms with Crippen LogP contribution in [0.15, 0.2) is 24.5 Å². The highest BCUT2D eigenvalue weighted by Gasteiger charge is 2.14. The molecule has 2 N–H and O–H groups in total. The number of rotatable bonds is 3. The minimum Gasteiger partial charge on any atom is -0.462 e. The normalized spacial score (nSPS) is 10.2. The predicted molar refractivity (Wildman–Crippen MR) is 65.6 cm³/mol. The molecule has 6 nitrogen and oxygen atoms in total. The first kappa shape index (κ1) is 12.9. The molecule has 0 aliphatic rings. The Balaban J connectivity index is 2.33. The molecule has 2 rings (SSSR count). The quantitative estimate of drug-likeness (QED) is 0.841. The molecule has 0 fully saturated rings. The topological polar surface area (TPSA) is 91.0 Å². The number of esters is 1. The Morgan fingerprint density at radius 1 is 1.37 bits per heavy atom. The van der Waals surface area contributed by atoms with Gasteiger partial charge in [-0.05, 0) is 19.1 Å². The molecular weight excluding hydrogens is 251 g/mol. The average molecular weight is 262 g/mol. The first-order valence-corrected chi connectivity index (χ1v) is 5.53. The standard InChI is InChI=1S/C12H11FN4O2/c1-2-19-12(18)8-6-16-11(17-10(8)14)9-4-3-7(13)5-15-9/h3-6H,2H2,1H3,(H2,14,16,17). The van der Waals surface area contributed by atoms with Crippen LogP contribution in [-0.4, -0.2) is 27.5 Å². The van der Waals surface area contributed by atoms with Gasteiger partial charge in [0.2, 0.25) is 0 Å². The minimum atomic E-state index is -0.585. The van der Waals surface area contributed by atoms with Crippen LogP contribution >= 0.6 is 0 Å². The lowest BCUT2D eigenvalue weighted by Crippen LogP contribution is -2.11. The summed E-state index contributed by atoms with van der Waals surface area (Å²) in [7, 11) is 0. The van der Waals surface area contributed by atoms with Crippen molar-refractivity contribution in [2.45, 2.75) is 6.92 Å². The fourth-order valence-corrected chi connectivity index (χ4v) is 1.39. The number of carbonyl (C=O) groups is 1. The van der Waals surface area contributed by atoms with Crippen molar-refractivity contribution < 1.29 is 13.9 Å². The second kappa shape index (κ2) is 5.38. The van der Waals surface area contributed by atoms with Crippen molar-refractivity contribution in [3.05, 3.63) is 35.9 Å². The largest absolute Gasteiger partial charge is 0.462 e. The third-order valence-corrected chi connectivity index (χ3v) is 2.27. The van der Waals surface area contributed by atoms with E-state index in [0.29, 0.717) is 5.69 Å². The van der Waals surface area contributed by atoms with Gasteiger partial charge in [-0.2, -0.15) is 0 Å². The van der Waals surface area contributed by atoms with Crippen molar-refractivity contribution in [3.63, 3.8) is 0 Å². The van der Waals surface area contributed by atoms with Crippen LogP contribution in [0.3, 0.4) is 0 Å². The van der Waals surface area contributed by atoms with Crippen LogP contribution < -0.4 is 5.73 Å². The van der Waals surface area contributed by atoms with E-state index in [1.807, 2.05) is 0 Å². The molecule has 0 atom stereocenters. The van der Waals surface area contributed by atoms with E-state index in [0.717, 1.165) is 6.20 Å².